The second kappa shape index (κ2) is 4.46. The summed E-state index contributed by atoms with van der Waals surface area (Å²) in [6.45, 7) is 2.00. The Hall–Kier alpha value is -0.410. The molecule has 1 N–H and O–H groups in total. The van der Waals surface area contributed by atoms with Crippen LogP contribution in [0.5, 0.6) is 0 Å². The Bertz CT molecular complexity index is 186. The van der Waals surface area contributed by atoms with Crippen LogP contribution in [0.2, 0.25) is 0 Å². The highest BCUT2D eigenvalue weighted by Gasteiger charge is 2.01. The molecule has 1 aromatic rings. The van der Waals surface area contributed by atoms with Gasteiger partial charge in [0.2, 0.25) is 0 Å². The van der Waals surface area contributed by atoms with E-state index < -0.39 is 0 Å². The van der Waals surface area contributed by atoms with Crippen molar-refractivity contribution in [2.45, 2.75) is 32.3 Å². The first-order valence-corrected chi connectivity index (χ1v) is 4.76. The molecule has 1 aromatic heterocycles. The van der Waals surface area contributed by atoms with E-state index in [1.165, 1.54) is 4.88 Å². The Morgan fingerprint density at radius 2 is 2.55 bits per heavy atom. The highest BCUT2D eigenvalue weighted by molar-refractivity contribution is 7.09. The highest BCUT2D eigenvalue weighted by atomic mass is 32.1. The van der Waals surface area contributed by atoms with E-state index in [4.69, 9.17) is 0 Å². The Morgan fingerprint density at radius 3 is 3.09 bits per heavy atom. The van der Waals surface area contributed by atoms with Gasteiger partial charge in [0, 0.05) is 11.1 Å². The maximum atomic E-state index is 9.24. The van der Waals surface area contributed by atoms with Crippen LogP contribution >= 0.6 is 11.3 Å². The number of nitrogens with zero attached hydrogens (tertiary/aromatic N) is 1. The van der Waals surface area contributed by atoms with Crippen molar-refractivity contribution in [2.75, 3.05) is 0 Å². The third-order valence-corrected chi connectivity index (χ3v) is 2.52. The molecular weight excluding hydrogens is 158 g/mol. The summed E-state index contributed by atoms with van der Waals surface area (Å²) in [6, 6.07) is 0. The first-order valence-electron chi connectivity index (χ1n) is 3.88. The minimum atomic E-state index is -0.142. The lowest BCUT2D eigenvalue weighted by atomic mass is 10.1. The monoisotopic (exact) mass is 171 g/mol. The van der Waals surface area contributed by atoms with Crippen molar-refractivity contribution in [2.24, 2.45) is 0 Å². The standard InChI is InChI=1S/C8H13NOS/c1-2-7(10)3-4-8-5-9-6-11-8/h5-7,10H,2-4H2,1H3. The largest absolute Gasteiger partial charge is 0.393 e. The normalized spacial score (nSPS) is 13.3. The number of rotatable bonds is 4. The van der Waals surface area contributed by atoms with E-state index in [-0.39, 0.29) is 6.10 Å². The first-order chi connectivity index (χ1) is 5.33. The molecule has 0 aliphatic rings. The zero-order chi connectivity index (χ0) is 8.10. The SMILES string of the molecule is CCC(O)CCc1cncs1. The molecule has 0 aliphatic carbocycles. The number of hydrogen-bond donors (Lipinski definition) is 1. The lowest BCUT2D eigenvalue weighted by Gasteiger charge is -2.04. The summed E-state index contributed by atoms with van der Waals surface area (Å²) in [6.07, 6.45) is 4.39. The zero-order valence-electron chi connectivity index (χ0n) is 6.66. The van der Waals surface area contributed by atoms with Crippen LogP contribution in [0.3, 0.4) is 0 Å². The average Bonchev–Trinajstić information content (AvgIpc) is 2.52. The summed E-state index contributed by atoms with van der Waals surface area (Å²) in [5.74, 6) is 0. The molecule has 0 radical (unpaired) electrons. The van der Waals surface area contributed by atoms with Gasteiger partial charge in [-0.15, -0.1) is 11.3 Å². The lowest BCUT2D eigenvalue weighted by molar-refractivity contribution is 0.161. The smallest absolute Gasteiger partial charge is 0.0794 e. The Labute approximate surface area is 70.9 Å². The van der Waals surface area contributed by atoms with E-state index in [2.05, 4.69) is 4.98 Å². The number of aryl methyl sites for hydroxylation is 1. The fourth-order valence-corrected chi connectivity index (χ4v) is 1.49. The van der Waals surface area contributed by atoms with Crippen LogP contribution in [-0.4, -0.2) is 16.2 Å². The van der Waals surface area contributed by atoms with Crippen molar-refractivity contribution in [1.29, 1.82) is 0 Å². The molecular formula is C8H13NOS. The molecule has 1 atom stereocenters. The molecule has 0 aliphatic heterocycles. The van der Waals surface area contributed by atoms with Crippen LogP contribution in [0.1, 0.15) is 24.6 Å². The molecule has 0 aromatic carbocycles. The summed E-state index contributed by atoms with van der Waals surface area (Å²) in [5, 5.41) is 9.24. The molecule has 0 bridgehead atoms. The van der Waals surface area contributed by atoms with Crippen LogP contribution < -0.4 is 0 Å². The summed E-state index contributed by atoms with van der Waals surface area (Å²) < 4.78 is 0. The van der Waals surface area contributed by atoms with Crippen molar-refractivity contribution in [3.05, 3.63) is 16.6 Å². The minimum Gasteiger partial charge on any atom is -0.393 e. The van der Waals surface area contributed by atoms with Gasteiger partial charge in [-0.2, -0.15) is 0 Å². The minimum absolute atomic E-state index is 0.142. The topological polar surface area (TPSA) is 33.1 Å². The molecule has 2 nitrogen and oxygen atoms in total. The van der Waals surface area contributed by atoms with Crippen LogP contribution in [0.15, 0.2) is 11.7 Å². The fraction of sp³-hybridized carbons (Fsp3) is 0.625. The van der Waals surface area contributed by atoms with Gasteiger partial charge in [-0.25, -0.2) is 0 Å². The van der Waals surface area contributed by atoms with Crippen molar-refractivity contribution >= 4 is 11.3 Å². The fourth-order valence-electron chi connectivity index (χ4n) is 0.879. The highest BCUT2D eigenvalue weighted by Crippen LogP contribution is 2.10. The van der Waals surface area contributed by atoms with Crippen molar-refractivity contribution in [1.82, 2.24) is 4.98 Å². The zero-order valence-corrected chi connectivity index (χ0v) is 7.47. The maximum Gasteiger partial charge on any atom is 0.0794 e. The Morgan fingerprint density at radius 1 is 1.73 bits per heavy atom. The van der Waals surface area contributed by atoms with Gasteiger partial charge in [-0.05, 0) is 19.3 Å². The van der Waals surface area contributed by atoms with E-state index in [0.29, 0.717) is 0 Å². The Balaban J connectivity index is 2.23. The number of aliphatic hydroxyl groups excluding tert-OH is 1. The van der Waals surface area contributed by atoms with Crippen molar-refractivity contribution < 1.29 is 5.11 Å². The molecule has 62 valence electrons. The predicted octanol–water partition coefficient (Wildman–Crippen LogP) is 1.85. The second-order valence-electron chi connectivity index (χ2n) is 2.57. The summed E-state index contributed by atoms with van der Waals surface area (Å²) >= 11 is 1.65. The van der Waals surface area contributed by atoms with E-state index in [1.807, 2.05) is 18.6 Å². The van der Waals surface area contributed by atoms with E-state index >= 15 is 0 Å². The van der Waals surface area contributed by atoms with Crippen molar-refractivity contribution in [3.8, 4) is 0 Å². The summed E-state index contributed by atoms with van der Waals surface area (Å²) in [4.78, 5) is 5.22. The molecule has 0 fully saturated rings. The molecule has 0 saturated heterocycles. The van der Waals surface area contributed by atoms with Gasteiger partial charge in [0.05, 0.1) is 11.6 Å². The molecule has 0 amide bonds. The summed E-state index contributed by atoms with van der Waals surface area (Å²) in [7, 11) is 0. The van der Waals surface area contributed by atoms with Crippen LogP contribution in [0.4, 0.5) is 0 Å². The molecule has 1 heterocycles. The first kappa shape index (κ1) is 8.68. The molecule has 0 spiro atoms. The van der Waals surface area contributed by atoms with Crippen LogP contribution in [-0.2, 0) is 6.42 Å². The van der Waals surface area contributed by atoms with E-state index in [1.54, 1.807) is 11.3 Å². The second-order valence-corrected chi connectivity index (χ2v) is 3.54. The Kier molecular flexibility index (Phi) is 3.52. The number of aromatic nitrogens is 1. The van der Waals surface area contributed by atoms with E-state index in [0.717, 1.165) is 19.3 Å². The van der Waals surface area contributed by atoms with Gasteiger partial charge < -0.3 is 5.11 Å². The maximum absolute atomic E-state index is 9.24. The predicted molar refractivity (Wildman–Crippen MR) is 46.7 cm³/mol. The molecule has 11 heavy (non-hydrogen) atoms. The van der Waals surface area contributed by atoms with Gasteiger partial charge in [0.15, 0.2) is 0 Å². The van der Waals surface area contributed by atoms with Gasteiger partial charge >= 0.3 is 0 Å². The summed E-state index contributed by atoms with van der Waals surface area (Å²) in [5.41, 5.74) is 1.83. The molecule has 1 unspecified atom stereocenters. The number of thiazole rings is 1. The lowest BCUT2D eigenvalue weighted by Crippen LogP contribution is -2.04. The van der Waals surface area contributed by atoms with Gasteiger partial charge in [-0.3, -0.25) is 4.98 Å². The van der Waals surface area contributed by atoms with Crippen LogP contribution in [0, 0.1) is 0 Å². The molecule has 0 saturated carbocycles. The number of aliphatic hydroxyl groups is 1. The number of hydrogen-bond acceptors (Lipinski definition) is 3. The third-order valence-electron chi connectivity index (χ3n) is 1.68. The van der Waals surface area contributed by atoms with Gasteiger partial charge in [-0.1, -0.05) is 6.92 Å². The third kappa shape index (κ3) is 2.99. The van der Waals surface area contributed by atoms with Gasteiger partial charge in [0.1, 0.15) is 0 Å². The van der Waals surface area contributed by atoms with Gasteiger partial charge in [0.25, 0.3) is 0 Å². The van der Waals surface area contributed by atoms with Crippen molar-refractivity contribution in [3.63, 3.8) is 0 Å². The molecule has 3 heteroatoms. The van der Waals surface area contributed by atoms with E-state index in [9.17, 15) is 5.11 Å². The quantitative estimate of drug-likeness (QED) is 0.750. The van der Waals surface area contributed by atoms with Crippen LogP contribution in [0.25, 0.3) is 0 Å². The average molecular weight is 171 g/mol. The molecule has 1 rings (SSSR count).